The molecule has 11 heteroatoms. The van der Waals surface area contributed by atoms with E-state index < -0.39 is 34.3 Å². The number of carbonyl (C=O) groups excluding carboxylic acids is 2. The molecule has 0 spiro atoms. The molecule has 190 valence electrons. The van der Waals surface area contributed by atoms with E-state index in [1.807, 2.05) is 0 Å². The molecule has 0 fully saturated rings. The van der Waals surface area contributed by atoms with Crippen LogP contribution in [0.5, 0.6) is 11.5 Å². The van der Waals surface area contributed by atoms with Crippen LogP contribution in [0.3, 0.4) is 0 Å². The lowest BCUT2D eigenvalue weighted by atomic mass is 10.1. The van der Waals surface area contributed by atoms with Crippen molar-refractivity contribution in [2.75, 3.05) is 36.9 Å². The number of carbonyl (C=O) groups is 2. The zero-order chi connectivity index (χ0) is 25.6. The maximum Gasteiger partial charge on any atom is 0.244 e. The van der Waals surface area contributed by atoms with Crippen molar-refractivity contribution >= 4 is 27.5 Å². The largest absolute Gasteiger partial charge is 0.486 e. The van der Waals surface area contributed by atoms with Gasteiger partial charge in [-0.15, -0.1) is 0 Å². The summed E-state index contributed by atoms with van der Waals surface area (Å²) in [6.45, 7) is 4.09. The Labute approximate surface area is 204 Å². The maximum atomic E-state index is 13.6. The van der Waals surface area contributed by atoms with Crippen molar-refractivity contribution in [3.8, 4) is 11.5 Å². The molecule has 0 saturated heterocycles. The molecule has 1 aliphatic heterocycles. The van der Waals surface area contributed by atoms with Crippen LogP contribution in [-0.4, -0.2) is 63.7 Å². The first kappa shape index (κ1) is 26.3. The monoisotopic (exact) mass is 507 g/mol. The van der Waals surface area contributed by atoms with Gasteiger partial charge in [-0.2, -0.15) is 0 Å². The Morgan fingerprint density at radius 3 is 2.31 bits per heavy atom. The van der Waals surface area contributed by atoms with Gasteiger partial charge in [-0.05, 0) is 43.2 Å². The van der Waals surface area contributed by atoms with Gasteiger partial charge in [0.2, 0.25) is 21.8 Å². The van der Waals surface area contributed by atoms with Gasteiger partial charge in [0.05, 0.1) is 11.9 Å². The third-order valence-corrected chi connectivity index (χ3v) is 6.64. The molecule has 1 N–H and O–H groups in total. The first-order chi connectivity index (χ1) is 16.6. The van der Waals surface area contributed by atoms with E-state index in [0.29, 0.717) is 43.2 Å². The number of likely N-dealkylation sites (N-methyl/N-ethyl adjacent to an activating group) is 1. The number of hydrogen-bond acceptors (Lipinski definition) is 6. The Kier molecular flexibility index (Phi) is 8.55. The zero-order valence-corrected chi connectivity index (χ0v) is 20.8. The number of hydrogen-bond donors (Lipinski definition) is 1. The molecule has 1 heterocycles. The minimum atomic E-state index is -3.88. The van der Waals surface area contributed by atoms with Crippen LogP contribution in [0.4, 0.5) is 10.1 Å². The maximum absolute atomic E-state index is 13.6. The lowest BCUT2D eigenvalue weighted by molar-refractivity contribution is -0.140. The van der Waals surface area contributed by atoms with Gasteiger partial charge in [-0.1, -0.05) is 19.1 Å². The Bertz CT molecular complexity index is 1160. The summed E-state index contributed by atoms with van der Waals surface area (Å²) < 4.78 is 50.8. The van der Waals surface area contributed by atoms with E-state index in [4.69, 9.17) is 9.47 Å². The first-order valence-corrected chi connectivity index (χ1v) is 13.2. The van der Waals surface area contributed by atoms with E-state index >= 15 is 0 Å². The van der Waals surface area contributed by atoms with Gasteiger partial charge in [0.1, 0.15) is 31.6 Å². The fourth-order valence-corrected chi connectivity index (χ4v) is 4.64. The number of amides is 2. The lowest BCUT2D eigenvalue weighted by Crippen LogP contribution is -2.52. The summed E-state index contributed by atoms with van der Waals surface area (Å²) in [7, 11) is -3.88. The number of nitrogens with zero attached hydrogens (tertiary/aromatic N) is 2. The minimum Gasteiger partial charge on any atom is -0.486 e. The van der Waals surface area contributed by atoms with Gasteiger partial charge in [-0.3, -0.25) is 13.9 Å². The number of benzene rings is 2. The van der Waals surface area contributed by atoms with Gasteiger partial charge < -0.3 is 19.7 Å². The number of anilines is 1. The molecule has 2 aromatic rings. The molecule has 35 heavy (non-hydrogen) atoms. The molecule has 2 aromatic carbocycles. The highest BCUT2D eigenvalue weighted by Crippen LogP contribution is 2.34. The molecule has 9 nitrogen and oxygen atoms in total. The lowest BCUT2D eigenvalue weighted by Gasteiger charge is -2.33. The molecule has 3 rings (SSSR count). The van der Waals surface area contributed by atoms with Gasteiger partial charge in [0.25, 0.3) is 0 Å². The molecular weight excluding hydrogens is 477 g/mol. The average Bonchev–Trinajstić information content (AvgIpc) is 2.82. The summed E-state index contributed by atoms with van der Waals surface area (Å²) in [6, 6.07) is 9.37. The summed E-state index contributed by atoms with van der Waals surface area (Å²) in [5, 5.41) is 2.72. The Hall–Kier alpha value is -3.34. The zero-order valence-electron chi connectivity index (χ0n) is 20.0. The number of ether oxygens (including phenoxy) is 2. The summed E-state index contributed by atoms with van der Waals surface area (Å²) in [4.78, 5) is 27.6. The molecule has 1 aliphatic rings. The first-order valence-electron chi connectivity index (χ1n) is 11.3. The van der Waals surface area contributed by atoms with Crippen molar-refractivity contribution in [3.63, 3.8) is 0 Å². The number of fused-ring (bicyclic) bond motifs is 1. The van der Waals surface area contributed by atoms with Crippen molar-refractivity contribution < 1.29 is 31.9 Å². The van der Waals surface area contributed by atoms with E-state index in [1.54, 1.807) is 19.9 Å². The van der Waals surface area contributed by atoms with Crippen LogP contribution < -0.4 is 19.1 Å². The number of sulfonamides is 1. The molecule has 0 saturated carbocycles. The third-order valence-electron chi connectivity index (χ3n) is 5.50. The third kappa shape index (κ3) is 6.62. The van der Waals surface area contributed by atoms with Crippen LogP contribution in [0.25, 0.3) is 0 Å². The van der Waals surface area contributed by atoms with Crippen molar-refractivity contribution in [3.05, 3.63) is 53.8 Å². The average molecular weight is 508 g/mol. The Morgan fingerprint density at radius 1 is 1.06 bits per heavy atom. The van der Waals surface area contributed by atoms with Gasteiger partial charge >= 0.3 is 0 Å². The van der Waals surface area contributed by atoms with Crippen LogP contribution in [-0.2, 0) is 26.2 Å². The van der Waals surface area contributed by atoms with Crippen LogP contribution in [0.1, 0.15) is 25.8 Å². The fourth-order valence-electron chi connectivity index (χ4n) is 3.80. The van der Waals surface area contributed by atoms with E-state index in [1.165, 1.54) is 41.3 Å². The minimum absolute atomic E-state index is 0.00744. The molecule has 0 unspecified atom stereocenters. The van der Waals surface area contributed by atoms with Crippen LogP contribution in [0, 0.1) is 5.82 Å². The Morgan fingerprint density at radius 2 is 1.71 bits per heavy atom. The topological polar surface area (TPSA) is 105 Å². The van der Waals surface area contributed by atoms with Crippen molar-refractivity contribution in [2.45, 2.75) is 32.9 Å². The smallest absolute Gasteiger partial charge is 0.244 e. The summed E-state index contributed by atoms with van der Waals surface area (Å²) in [6.07, 6.45) is 1.31. The molecule has 0 radical (unpaired) electrons. The molecule has 0 aliphatic carbocycles. The predicted molar refractivity (Wildman–Crippen MR) is 129 cm³/mol. The number of halogens is 1. The number of nitrogens with one attached hydrogen (secondary N) is 1. The van der Waals surface area contributed by atoms with Gasteiger partial charge in [0.15, 0.2) is 11.5 Å². The normalized spacial score (nSPS) is 13.6. The second-order valence-electron chi connectivity index (χ2n) is 8.06. The summed E-state index contributed by atoms with van der Waals surface area (Å²) in [5.74, 6) is -0.487. The van der Waals surface area contributed by atoms with Gasteiger partial charge in [0, 0.05) is 19.2 Å². The van der Waals surface area contributed by atoms with E-state index in [2.05, 4.69) is 5.32 Å². The predicted octanol–water partition coefficient (Wildman–Crippen LogP) is 2.31. The molecule has 2 amide bonds. The highest BCUT2D eigenvalue weighted by Gasteiger charge is 2.32. The molecule has 0 aromatic heterocycles. The Balaban J connectivity index is 1.94. The molecule has 1 atom stereocenters. The van der Waals surface area contributed by atoms with Crippen molar-refractivity contribution in [1.29, 1.82) is 0 Å². The number of rotatable bonds is 10. The highest BCUT2D eigenvalue weighted by molar-refractivity contribution is 7.92. The standard InChI is InChI=1S/C24H30FN3O6S/c1-4-20(24(30)26-5-2)27(15-17-6-8-18(25)9-7-17)23(29)16-28(35(3,31)32)19-10-11-21-22(14-19)34-13-12-33-21/h6-11,14,20H,4-5,12-13,15-16H2,1-3H3,(H,26,30)/t20-/m1/s1. The molecular formula is C24H30FN3O6S. The highest BCUT2D eigenvalue weighted by atomic mass is 32.2. The molecule has 0 bridgehead atoms. The summed E-state index contributed by atoms with van der Waals surface area (Å²) in [5.41, 5.74) is 0.839. The van der Waals surface area contributed by atoms with E-state index in [9.17, 15) is 22.4 Å². The van der Waals surface area contributed by atoms with Crippen LogP contribution in [0.2, 0.25) is 0 Å². The van der Waals surface area contributed by atoms with E-state index in [-0.39, 0.29) is 18.1 Å². The second-order valence-corrected chi connectivity index (χ2v) is 9.97. The van der Waals surface area contributed by atoms with Crippen molar-refractivity contribution in [1.82, 2.24) is 10.2 Å². The SMILES string of the molecule is CCNC(=O)[C@@H](CC)N(Cc1ccc(F)cc1)C(=O)CN(c1ccc2c(c1)OCCO2)S(C)(=O)=O. The van der Waals surface area contributed by atoms with Gasteiger partial charge in [-0.25, -0.2) is 12.8 Å². The summed E-state index contributed by atoms with van der Waals surface area (Å²) >= 11 is 0. The van der Waals surface area contributed by atoms with Crippen LogP contribution in [0.15, 0.2) is 42.5 Å². The van der Waals surface area contributed by atoms with Crippen molar-refractivity contribution in [2.24, 2.45) is 0 Å². The van der Waals surface area contributed by atoms with E-state index in [0.717, 1.165) is 10.6 Å². The second kappa shape index (κ2) is 11.4. The fraction of sp³-hybridized carbons (Fsp3) is 0.417. The van der Waals surface area contributed by atoms with Crippen LogP contribution >= 0.6 is 0 Å². The quantitative estimate of drug-likeness (QED) is 0.529.